The Morgan fingerprint density at radius 1 is 1.27 bits per heavy atom. The van der Waals surface area contributed by atoms with Gasteiger partial charge in [-0.1, -0.05) is 20.8 Å². The fourth-order valence-electron chi connectivity index (χ4n) is 1.06. The predicted octanol–water partition coefficient (Wildman–Crippen LogP) is 2.21. The van der Waals surface area contributed by atoms with Gasteiger partial charge in [-0.3, -0.25) is 4.79 Å². The van der Waals surface area contributed by atoms with E-state index in [1.165, 1.54) is 7.11 Å². The van der Waals surface area contributed by atoms with E-state index in [9.17, 15) is 4.79 Å². The third-order valence-electron chi connectivity index (χ3n) is 2.89. The van der Waals surface area contributed by atoms with Crippen molar-refractivity contribution in [3.8, 4) is 0 Å². The predicted molar refractivity (Wildman–Crippen MR) is 62.7 cm³/mol. The van der Waals surface area contributed by atoms with E-state index in [2.05, 4.69) is 33.0 Å². The maximum absolute atomic E-state index is 11.4. The summed E-state index contributed by atoms with van der Waals surface area (Å²) < 4.78 is 4.75. The first kappa shape index (κ1) is 14.4. The van der Waals surface area contributed by atoms with Crippen LogP contribution < -0.4 is 5.32 Å². The Morgan fingerprint density at radius 2 is 1.73 bits per heavy atom. The lowest BCUT2D eigenvalue weighted by atomic mass is 9.86. The zero-order chi connectivity index (χ0) is 12.3. The molecular formula is C12H25NO2. The highest BCUT2D eigenvalue weighted by Gasteiger charge is 2.30. The van der Waals surface area contributed by atoms with Crippen molar-refractivity contribution in [3.05, 3.63) is 0 Å². The van der Waals surface area contributed by atoms with Crippen molar-refractivity contribution < 1.29 is 9.53 Å². The molecule has 0 aromatic carbocycles. The molecule has 3 heteroatoms. The monoisotopic (exact) mass is 215 g/mol. The molecular weight excluding hydrogens is 190 g/mol. The van der Waals surface area contributed by atoms with Gasteiger partial charge < -0.3 is 10.1 Å². The number of carbonyl (C=O) groups excluding carboxylic acids is 1. The van der Waals surface area contributed by atoms with E-state index in [1.54, 1.807) is 0 Å². The molecule has 0 aromatic heterocycles. The van der Waals surface area contributed by atoms with Gasteiger partial charge in [-0.2, -0.15) is 0 Å². The molecule has 1 N–H and O–H groups in total. The van der Waals surface area contributed by atoms with Crippen LogP contribution in [0.15, 0.2) is 0 Å². The molecule has 0 saturated heterocycles. The Bertz CT molecular complexity index is 216. The number of carbonyl (C=O) groups is 1. The van der Waals surface area contributed by atoms with Gasteiger partial charge in [-0.15, -0.1) is 0 Å². The van der Waals surface area contributed by atoms with Crippen molar-refractivity contribution in [1.82, 2.24) is 5.32 Å². The second-order valence-electron chi connectivity index (χ2n) is 5.84. The van der Waals surface area contributed by atoms with Crippen molar-refractivity contribution in [2.45, 2.75) is 47.6 Å². The first-order valence-corrected chi connectivity index (χ1v) is 5.43. The van der Waals surface area contributed by atoms with Gasteiger partial charge in [0.25, 0.3) is 0 Å². The Hall–Kier alpha value is -0.570. The molecule has 0 radical (unpaired) electrons. The normalized spacial score (nSPS) is 14.9. The minimum Gasteiger partial charge on any atom is -0.469 e. The molecule has 0 aliphatic heterocycles. The summed E-state index contributed by atoms with van der Waals surface area (Å²) in [7, 11) is 1.43. The molecule has 0 aliphatic rings. The number of hydrogen-bond acceptors (Lipinski definition) is 3. The first-order chi connectivity index (χ1) is 6.61. The van der Waals surface area contributed by atoms with Crippen molar-refractivity contribution in [1.29, 1.82) is 0 Å². The van der Waals surface area contributed by atoms with Gasteiger partial charge in [-0.25, -0.2) is 0 Å². The minimum absolute atomic E-state index is 0.170. The fourth-order valence-corrected chi connectivity index (χ4v) is 1.06. The van der Waals surface area contributed by atoms with E-state index in [0.717, 1.165) is 0 Å². The van der Waals surface area contributed by atoms with E-state index in [4.69, 9.17) is 4.74 Å². The number of esters is 1. The smallest absolute Gasteiger partial charge is 0.312 e. The lowest BCUT2D eigenvalue weighted by molar-refractivity contribution is -0.150. The molecule has 1 unspecified atom stereocenters. The van der Waals surface area contributed by atoms with Crippen LogP contribution in [0.4, 0.5) is 0 Å². The molecule has 0 rings (SSSR count). The summed E-state index contributed by atoms with van der Waals surface area (Å²) in [5.74, 6) is -0.170. The lowest BCUT2D eigenvalue weighted by Gasteiger charge is -2.31. The lowest BCUT2D eigenvalue weighted by Crippen LogP contribution is -2.45. The molecule has 3 nitrogen and oxygen atoms in total. The molecule has 0 fully saturated rings. The number of methoxy groups -OCH3 is 1. The Balaban J connectivity index is 4.21. The summed E-state index contributed by atoms with van der Waals surface area (Å²) in [6.07, 6.45) is 0. The van der Waals surface area contributed by atoms with Crippen LogP contribution in [-0.4, -0.2) is 25.7 Å². The molecule has 0 amide bonds. The van der Waals surface area contributed by atoms with Crippen LogP contribution in [0.1, 0.15) is 41.5 Å². The highest BCUT2D eigenvalue weighted by Crippen LogP contribution is 2.21. The second kappa shape index (κ2) is 4.97. The minimum atomic E-state index is -0.464. The Kier molecular flexibility index (Phi) is 4.78. The van der Waals surface area contributed by atoms with E-state index in [-0.39, 0.29) is 11.4 Å². The van der Waals surface area contributed by atoms with Crippen LogP contribution >= 0.6 is 0 Å². The van der Waals surface area contributed by atoms with E-state index in [1.807, 2.05) is 13.8 Å². The molecule has 0 saturated carbocycles. The third-order valence-corrected chi connectivity index (χ3v) is 2.89. The molecule has 1 atom stereocenters. The van der Waals surface area contributed by atoms with Crippen LogP contribution in [0, 0.1) is 10.8 Å². The molecule has 0 aromatic rings. The summed E-state index contributed by atoms with van der Waals surface area (Å²) in [6.45, 7) is 13.1. The maximum Gasteiger partial charge on any atom is 0.312 e. The highest BCUT2D eigenvalue weighted by atomic mass is 16.5. The Labute approximate surface area is 93.6 Å². The van der Waals surface area contributed by atoms with Crippen LogP contribution in [-0.2, 0) is 9.53 Å². The summed E-state index contributed by atoms with van der Waals surface area (Å²) in [5, 5.41) is 3.38. The molecule has 15 heavy (non-hydrogen) atoms. The molecule has 0 aliphatic carbocycles. The number of rotatable bonds is 4. The number of ether oxygens (including phenoxy) is 1. The van der Waals surface area contributed by atoms with Crippen LogP contribution in [0.5, 0.6) is 0 Å². The highest BCUT2D eigenvalue weighted by molar-refractivity contribution is 5.76. The van der Waals surface area contributed by atoms with Crippen molar-refractivity contribution in [2.24, 2.45) is 10.8 Å². The van der Waals surface area contributed by atoms with Crippen molar-refractivity contribution in [3.63, 3.8) is 0 Å². The van der Waals surface area contributed by atoms with Crippen molar-refractivity contribution in [2.75, 3.05) is 13.7 Å². The Morgan fingerprint density at radius 3 is 2.07 bits per heavy atom. The fraction of sp³-hybridized carbons (Fsp3) is 0.917. The molecule has 0 spiro atoms. The van der Waals surface area contributed by atoms with Gasteiger partial charge in [0.15, 0.2) is 0 Å². The second-order valence-corrected chi connectivity index (χ2v) is 5.84. The van der Waals surface area contributed by atoms with Gasteiger partial charge in [0.2, 0.25) is 0 Å². The van der Waals surface area contributed by atoms with Crippen LogP contribution in [0.2, 0.25) is 0 Å². The molecule has 0 heterocycles. The van der Waals surface area contributed by atoms with Gasteiger partial charge in [0, 0.05) is 12.6 Å². The SMILES string of the molecule is COC(=O)C(C)(C)CNC(C)C(C)(C)C. The zero-order valence-corrected chi connectivity index (χ0v) is 11.1. The summed E-state index contributed by atoms with van der Waals surface area (Å²) in [4.78, 5) is 11.4. The quantitative estimate of drug-likeness (QED) is 0.731. The van der Waals surface area contributed by atoms with Gasteiger partial charge >= 0.3 is 5.97 Å². The van der Waals surface area contributed by atoms with Gasteiger partial charge in [0.1, 0.15) is 0 Å². The average Bonchev–Trinajstić information content (AvgIpc) is 2.11. The first-order valence-electron chi connectivity index (χ1n) is 5.43. The standard InChI is InChI=1S/C12H25NO2/c1-9(11(2,3)4)13-8-12(5,6)10(14)15-7/h9,13H,8H2,1-7H3. The van der Waals surface area contributed by atoms with Crippen LogP contribution in [0.3, 0.4) is 0 Å². The average molecular weight is 215 g/mol. The molecule has 0 bridgehead atoms. The van der Waals surface area contributed by atoms with Crippen LogP contribution in [0.25, 0.3) is 0 Å². The van der Waals surface area contributed by atoms with E-state index >= 15 is 0 Å². The molecule has 90 valence electrons. The number of hydrogen-bond donors (Lipinski definition) is 1. The summed E-state index contributed by atoms with van der Waals surface area (Å²) >= 11 is 0. The van der Waals surface area contributed by atoms with E-state index in [0.29, 0.717) is 12.6 Å². The van der Waals surface area contributed by atoms with E-state index < -0.39 is 5.41 Å². The summed E-state index contributed by atoms with van der Waals surface area (Å²) in [5.41, 5.74) is -0.263. The van der Waals surface area contributed by atoms with Gasteiger partial charge in [-0.05, 0) is 26.2 Å². The van der Waals surface area contributed by atoms with Crippen molar-refractivity contribution >= 4 is 5.97 Å². The largest absolute Gasteiger partial charge is 0.469 e. The third kappa shape index (κ3) is 4.65. The summed E-state index contributed by atoms with van der Waals surface area (Å²) in [6, 6.07) is 0.362. The number of nitrogens with one attached hydrogen (secondary N) is 1. The zero-order valence-electron chi connectivity index (χ0n) is 11.1. The topological polar surface area (TPSA) is 38.3 Å². The van der Waals surface area contributed by atoms with Gasteiger partial charge in [0.05, 0.1) is 12.5 Å². The maximum atomic E-state index is 11.4.